The van der Waals surface area contributed by atoms with Crippen molar-refractivity contribution in [3.05, 3.63) is 101 Å². The molecular formula is C26H30BrCl2F6LiN2P2. The second-order valence-corrected chi connectivity index (χ2v) is 14.7. The number of hydrogen-bond acceptors (Lipinski definition) is 2. The number of halogens is 9. The first-order chi connectivity index (χ1) is 18.2. The summed E-state index contributed by atoms with van der Waals surface area (Å²) in [5.41, 5.74) is 0. The van der Waals surface area contributed by atoms with Crippen molar-refractivity contribution in [2.45, 2.75) is 19.8 Å². The largest absolute Gasteiger partial charge is 1.00 e. The van der Waals surface area contributed by atoms with Gasteiger partial charge in [-0.05, 0) is 80.5 Å². The molecule has 0 atom stereocenters. The van der Waals surface area contributed by atoms with Crippen molar-refractivity contribution in [3.8, 4) is 0 Å². The topological polar surface area (TPSA) is 6.48 Å². The van der Waals surface area contributed by atoms with Crippen LogP contribution in [-0.2, 0) is 0 Å². The summed E-state index contributed by atoms with van der Waals surface area (Å²) < 4.78 is 81.8. The first-order valence-corrected chi connectivity index (χ1v) is 16.4. The van der Waals surface area contributed by atoms with Crippen LogP contribution in [0.15, 0.2) is 59.1 Å². The Bertz CT molecular complexity index is 1090. The standard InChI is InChI=1S/C14H12F4NP.C6H3BrF2.C4H9.C2H6Cl2NP.Li/c1-19(2)20(13-5-3-9(15)7-11(13)17)14-6-4-10(16)8-12(14)18;7-5-2-1-4(8)3-6(5)9;1-3-4-2;1-5(2)6(3)4;/h3-8H,1-2H3;1-3H;1,3-4H2,2H3;1-2H3;/q;;-1;;+1. The van der Waals surface area contributed by atoms with Crippen LogP contribution in [0.4, 0.5) is 26.3 Å². The summed E-state index contributed by atoms with van der Waals surface area (Å²) in [6.45, 7) is 4.84. The number of benzene rings is 3. The molecule has 0 radical (unpaired) electrons. The van der Waals surface area contributed by atoms with Crippen LogP contribution in [0.1, 0.15) is 19.8 Å². The fourth-order valence-electron chi connectivity index (χ4n) is 2.34. The van der Waals surface area contributed by atoms with E-state index in [1.165, 1.54) is 30.7 Å². The molecule has 0 aliphatic carbocycles. The molecule has 0 N–H and O–H groups in total. The molecule has 3 aromatic carbocycles. The molecule has 0 saturated carbocycles. The fourth-order valence-corrected chi connectivity index (χ4v) is 4.67. The quantitative estimate of drug-likeness (QED) is 0.0954. The number of rotatable bonds is 5. The molecule has 40 heavy (non-hydrogen) atoms. The molecule has 14 heteroatoms. The van der Waals surface area contributed by atoms with Gasteiger partial charge in [0.2, 0.25) is 0 Å². The van der Waals surface area contributed by atoms with Gasteiger partial charge in [-0.3, -0.25) is 9.34 Å². The van der Waals surface area contributed by atoms with Gasteiger partial charge in [0.25, 0.3) is 0 Å². The zero-order chi connectivity index (χ0) is 30.3. The molecule has 0 heterocycles. The Labute approximate surface area is 265 Å². The molecule has 0 bridgehead atoms. The Morgan fingerprint density at radius 3 is 1.25 bits per heavy atom. The summed E-state index contributed by atoms with van der Waals surface area (Å²) in [4.78, 5) is 0. The zero-order valence-corrected chi connectivity index (χ0v) is 27.9. The number of hydrogen-bond donors (Lipinski definition) is 0. The normalized spacial score (nSPS) is 10.3. The van der Waals surface area contributed by atoms with Crippen LogP contribution in [0.5, 0.6) is 0 Å². The van der Waals surface area contributed by atoms with Gasteiger partial charge in [-0.1, -0.05) is 35.8 Å². The molecular weight excluding hydrogens is 674 g/mol. The summed E-state index contributed by atoms with van der Waals surface area (Å²) in [5, 5.41) is 0.383. The van der Waals surface area contributed by atoms with Gasteiger partial charge in [-0.15, -0.1) is 0 Å². The predicted molar refractivity (Wildman–Crippen MR) is 159 cm³/mol. The SMILES string of the molecule is CN(C)P(Cl)Cl.CN(C)P(c1ccc(F)cc1F)c1ccc(F)cc1F.Fc1ccc(Br)c(F)c1.[CH2-]CCC.[Li+]. The molecule has 0 spiro atoms. The van der Waals surface area contributed by atoms with Gasteiger partial charge < -0.3 is 6.92 Å². The van der Waals surface area contributed by atoms with Crippen molar-refractivity contribution < 1.29 is 45.2 Å². The van der Waals surface area contributed by atoms with Gasteiger partial charge in [0, 0.05) is 36.9 Å². The first-order valence-electron chi connectivity index (χ1n) is 11.2. The van der Waals surface area contributed by atoms with E-state index < -0.39 is 49.8 Å². The molecule has 3 rings (SSSR count). The van der Waals surface area contributed by atoms with Gasteiger partial charge in [0.15, 0.2) is 6.78 Å². The summed E-state index contributed by atoms with van der Waals surface area (Å²) in [6, 6.07) is 9.68. The maximum Gasteiger partial charge on any atom is 1.00 e. The first kappa shape index (κ1) is 41.8. The summed E-state index contributed by atoms with van der Waals surface area (Å²) in [7, 11) is 5.48. The molecule has 0 aliphatic heterocycles. The molecule has 0 aromatic heterocycles. The molecule has 0 saturated heterocycles. The molecule has 218 valence electrons. The van der Waals surface area contributed by atoms with Crippen molar-refractivity contribution in [1.82, 2.24) is 9.34 Å². The monoisotopic (exact) mass is 702 g/mol. The van der Waals surface area contributed by atoms with Crippen molar-refractivity contribution in [1.29, 1.82) is 0 Å². The Hall–Kier alpha value is -0.323. The van der Waals surface area contributed by atoms with E-state index in [9.17, 15) is 26.3 Å². The third-order valence-electron chi connectivity index (χ3n) is 4.21. The van der Waals surface area contributed by atoms with Crippen LogP contribution in [-0.4, -0.2) is 37.5 Å². The van der Waals surface area contributed by atoms with E-state index in [2.05, 4.69) is 29.8 Å². The fraction of sp³-hybridized carbons (Fsp3) is 0.269. The van der Waals surface area contributed by atoms with Crippen molar-refractivity contribution >= 4 is 63.9 Å². The van der Waals surface area contributed by atoms with E-state index in [0.29, 0.717) is 0 Å². The molecule has 0 amide bonds. The summed E-state index contributed by atoms with van der Waals surface area (Å²) in [6.07, 6.45) is 2.28. The van der Waals surface area contributed by atoms with E-state index in [0.717, 1.165) is 36.8 Å². The third kappa shape index (κ3) is 16.4. The van der Waals surface area contributed by atoms with Crippen molar-refractivity contribution in [2.24, 2.45) is 0 Å². The van der Waals surface area contributed by atoms with Gasteiger partial charge in [-0.2, -0.15) is 6.42 Å². The Morgan fingerprint density at radius 2 is 1.02 bits per heavy atom. The number of nitrogens with zero attached hydrogens (tertiary/aromatic N) is 2. The van der Waals surface area contributed by atoms with Gasteiger partial charge >= 0.3 is 18.9 Å². The second kappa shape index (κ2) is 22.2. The molecule has 0 aliphatic rings. The van der Waals surface area contributed by atoms with Crippen LogP contribution in [0.2, 0.25) is 0 Å². The van der Waals surface area contributed by atoms with E-state index >= 15 is 0 Å². The summed E-state index contributed by atoms with van der Waals surface area (Å²) in [5.74, 6) is -4.01. The number of unbranched alkanes of at least 4 members (excludes halogenated alkanes) is 1. The average Bonchev–Trinajstić information content (AvgIpc) is 2.85. The molecule has 3 aromatic rings. The Morgan fingerprint density at radius 1 is 0.700 bits per heavy atom. The minimum Gasteiger partial charge on any atom is -0.343 e. The van der Waals surface area contributed by atoms with E-state index in [4.69, 9.17) is 22.5 Å². The van der Waals surface area contributed by atoms with Gasteiger partial charge in [-0.25, -0.2) is 26.3 Å². The Kier molecular flexibility index (Phi) is 23.3. The molecule has 0 unspecified atom stereocenters. The van der Waals surface area contributed by atoms with Crippen LogP contribution < -0.4 is 29.5 Å². The second-order valence-electron chi connectivity index (χ2n) is 7.82. The molecule has 0 fully saturated rings. The third-order valence-corrected chi connectivity index (χ3v) is 9.71. The van der Waals surface area contributed by atoms with E-state index in [1.54, 1.807) is 23.4 Å². The maximum atomic E-state index is 13.9. The minimum atomic E-state index is -1.53. The summed E-state index contributed by atoms with van der Waals surface area (Å²) >= 11 is 13.6. The minimum absolute atomic E-state index is 0. The van der Waals surface area contributed by atoms with Gasteiger partial charge in [0.05, 0.1) is 4.47 Å². The van der Waals surface area contributed by atoms with Crippen molar-refractivity contribution in [3.63, 3.8) is 0 Å². The zero-order valence-electron chi connectivity index (χ0n) is 23.0. The van der Waals surface area contributed by atoms with Crippen LogP contribution in [0, 0.1) is 41.8 Å². The van der Waals surface area contributed by atoms with Crippen LogP contribution in [0.3, 0.4) is 0 Å². The van der Waals surface area contributed by atoms with Crippen molar-refractivity contribution in [2.75, 3.05) is 28.2 Å². The smallest absolute Gasteiger partial charge is 0.343 e. The molecule has 2 nitrogen and oxygen atoms in total. The predicted octanol–water partition coefficient (Wildman–Crippen LogP) is 6.76. The van der Waals surface area contributed by atoms with E-state index in [1.807, 2.05) is 14.1 Å². The van der Waals surface area contributed by atoms with E-state index in [-0.39, 0.29) is 33.9 Å². The van der Waals surface area contributed by atoms with Crippen LogP contribution in [0.25, 0.3) is 0 Å². The van der Waals surface area contributed by atoms with Gasteiger partial charge in [0.1, 0.15) is 34.9 Å². The average molecular weight is 704 g/mol. The Balaban J connectivity index is 0. The van der Waals surface area contributed by atoms with Crippen LogP contribution >= 0.6 is 53.3 Å². The maximum absolute atomic E-state index is 13.9.